The Morgan fingerprint density at radius 1 is 0.862 bits per heavy atom. The molecule has 0 fully saturated rings. The molecule has 0 unspecified atom stereocenters. The number of fused-ring (bicyclic) bond motifs is 2. The van der Waals surface area contributed by atoms with Gasteiger partial charge in [0.2, 0.25) is 0 Å². The minimum absolute atomic E-state index is 0.209. The van der Waals surface area contributed by atoms with Crippen molar-refractivity contribution in [2.24, 2.45) is 0 Å². The first-order chi connectivity index (χ1) is 14.0. The van der Waals surface area contributed by atoms with Gasteiger partial charge in [-0.1, -0.05) is 66.8 Å². The monoisotopic (exact) mass is 399 g/mol. The summed E-state index contributed by atoms with van der Waals surface area (Å²) >= 11 is 0. The van der Waals surface area contributed by atoms with Crippen molar-refractivity contribution in [1.29, 1.82) is 0 Å². The minimum atomic E-state index is -4.45. The second-order valence-electron chi connectivity index (χ2n) is 7.13. The number of allylic oxidation sites excluding steroid dienone is 4. The van der Waals surface area contributed by atoms with Crippen molar-refractivity contribution >= 4 is 40.3 Å². The molecule has 29 heavy (non-hydrogen) atoms. The number of pyridine rings is 1. The lowest BCUT2D eigenvalue weighted by Crippen LogP contribution is -2.09. The molecule has 1 heterocycles. The fourth-order valence-electron chi connectivity index (χ4n) is 3.89. The van der Waals surface area contributed by atoms with Gasteiger partial charge < -0.3 is 9.79 Å². The van der Waals surface area contributed by atoms with E-state index in [9.17, 15) is 14.4 Å². The number of rotatable bonds is 3. The van der Waals surface area contributed by atoms with Gasteiger partial charge >= 0.3 is 7.60 Å². The van der Waals surface area contributed by atoms with Crippen molar-refractivity contribution in [1.82, 2.24) is 4.98 Å². The van der Waals surface area contributed by atoms with Gasteiger partial charge in [-0.05, 0) is 52.1 Å². The highest BCUT2D eigenvalue weighted by Crippen LogP contribution is 2.38. The van der Waals surface area contributed by atoms with Gasteiger partial charge in [0.15, 0.2) is 5.44 Å². The highest BCUT2D eigenvalue weighted by Gasteiger charge is 2.21. The van der Waals surface area contributed by atoms with Crippen molar-refractivity contribution < 1.29 is 14.4 Å². The first kappa shape index (κ1) is 18.0. The molecule has 4 aromatic rings. The third-order valence-corrected chi connectivity index (χ3v) is 6.11. The number of nitrogens with zero attached hydrogens (tertiary/aromatic N) is 1. The van der Waals surface area contributed by atoms with E-state index in [1.54, 1.807) is 6.07 Å². The van der Waals surface area contributed by atoms with E-state index < -0.39 is 7.60 Å². The summed E-state index contributed by atoms with van der Waals surface area (Å²) in [6.45, 7) is 0. The van der Waals surface area contributed by atoms with Crippen LogP contribution in [0.5, 0.6) is 0 Å². The number of benzene rings is 3. The van der Waals surface area contributed by atoms with Gasteiger partial charge in [-0.3, -0.25) is 4.57 Å². The summed E-state index contributed by atoms with van der Waals surface area (Å²) < 4.78 is 11.8. The molecule has 5 rings (SSSR count). The molecule has 0 aliphatic heterocycles. The van der Waals surface area contributed by atoms with Crippen LogP contribution in [-0.4, -0.2) is 14.8 Å². The van der Waals surface area contributed by atoms with Gasteiger partial charge in [0.05, 0.1) is 5.52 Å². The summed E-state index contributed by atoms with van der Waals surface area (Å²) in [5.74, 6) is 0. The molecule has 1 aliphatic rings. The van der Waals surface area contributed by atoms with Gasteiger partial charge in [-0.25, -0.2) is 4.98 Å². The zero-order chi connectivity index (χ0) is 20.0. The average molecular weight is 399 g/mol. The molecule has 1 aliphatic carbocycles. The SMILES string of the molecule is O=P(O)(O)c1ccc2cc(C3=CCC=C3)cc(-c3cccc4ccccc34)c2n1. The van der Waals surface area contributed by atoms with E-state index in [1.165, 1.54) is 6.07 Å². The molecule has 0 radical (unpaired) electrons. The number of aromatic nitrogens is 1. The Bertz CT molecular complexity index is 1380. The van der Waals surface area contributed by atoms with Crippen LogP contribution in [0.2, 0.25) is 0 Å². The number of hydrogen-bond acceptors (Lipinski definition) is 2. The Hall–Kier alpha value is -3.04. The van der Waals surface area contributed by atoms with Crippen LogP contribution in [0.25, 0.3) is 38.4 Å². The second kappa shape index (κ2) is 6.78. The van der Waals surface area contributed by atoms with Gasteiger partial charge in [-0.2, -0.15) is 0 Å². The molecule has 142 valence electrons. The van der Waals surface area contributed by atoms with Crippen molar-refractivity contribution in [3.63, 3.8) is 0 Å². The Balaban J connectivity index is 1.88. The smallest absolute Gasteiger partial charge is 0.320 e. The fourth-order valence-corrected chi connectivity index (χ4v) is 4.39. The normalized spacial score (nSPS) is 13.9. The zero-order valence-electron chi connectivity index (χ0n) is 15.5. The van der Waals surface area contributed by atoms with Crippen LogP contribution in [0.4, 0.5) is 0 Å². The maximum atomic E-state index is 11.8. The maximum Gasteiger partial charge on any atom is 0.374 e. The molecular weight excluding hydrogens is 381 g/mol. The zero-order valence-corrected chi connectivity index (χ0v) is 16.4. The summed E-state index contributed by atoms with van der Waals surface area (Å²) in [4.78, 5) is 23.7. The molecular formula is C24H18NO3P. The van der Waals surface area contributed by atoms with E-state index in [0.717, 1.165) is 44.8 Å². The van der Waals surface area contributed by atoms with Crippen molar-refractivity contribution in [3.05, 3.63) is 90.5 Å². The molecule has 0 saturated heterocycles. The summed E-state index contributed by atoms with van der Waals surface area (Å²) in [6.07, 6.45) is 7.30. The van der Waals surface area contributed by atoms with Crippen molar-refractivity contribution in [2.45, 2.75) is 6.42 Å². The van der Waals surface area contributed by atoms with Gasteiger partial charge in [0.25, 0.3) is 0 Å². The van der Waals surface area contributed by atoms with E-state index in [4.69, 9.17) is 0 Å². The lowest BCUT2D eigenvalue weighted by Gasteiger charge is -2.14. The molecule has 4 nitrogen and oxygen atoms in total. The maximum absolute atomic E-state index is 11.8. The van der Waals surface area contributed by atoms with Crippen LogP contribution in [0, 0.1) is 0 Å². The summed E-state index contributed by atoms with van der Waals surface area (Å²) in [6, 6.07) is 21.5. The van der Waals surface area contributed by atoms with Crippen LogP contribution in [0.3, 0.4) is 0 Å². The fraction of sp³-hybridized carbons (Fsp3) is 0.0417. The third kappa shape index (κ3) is 3.22. The quantitative estimate of drug-likeness (QED) is 0.465. The van der Waals surface area contributed by atoms with E-state index in [0.29, 0.717) is 5.52 Å². The first-order valence-corrected chi connectivity index (χ1v) is 11.0. The summed E-state index contributed by atoms with van der Waals surface area (Å²) in [7, 11) is -4.45. The topological polar surface area (TPSA) is 70.4 Å². The molecule has 0 saturated carbocycles. The van der Waals surface area contributed by atoms with Crippen LogP contribution in [0.15, 0.2) is 85.0 Å². The first-order valence-electron chi connectivity index (χ1n) is 9.37. The molecule has 0 atom stereocenters. The van der Waals surface area contributed by atoms with E-state index >= 15 is 0 Å². The van der Waals surface area contributed by atoms with E-state index in [2.05, 4.69) is 47.5 Å². The molecule has 5 heteroatoms. The Morgan fingerprint density at radius 3 is 2.48 bits per heavy atom. The van der Waals surface area contributed by atoms with E-state index in [-0.39, 0.29) is 5.44 Å². The van der Waals surface area contributed by atoms with Crippen molar-refractivity contribution in [3.8, 4) is 11.1 Å². The highest BCUT2D eigenvalue weighted by atomic mass is 31.2. The van der Waals surface area contributed by atoms with Crippen LogP contribution in [0.1, 0.15) is 12.0 Å². The number of hydrogen-bond donors (Lipinski definition) is 2. The molecule has 3 aromatic carbocycles. The predicted molar refractivity (Wildman–Crippen MR) is 118 cm³/mol. The molecule has 0 bridgehead atoms. The van der Waals surface area contributed by atoms with Gasteiger partial charge in [0.1, 0.15) is 0 Å². The molecule has 2 N–H and O–H groups in total. The van der Waals surface area contributed by atoms with Gasteiger partial charge in [-0.15, -0.1) is 0 Å². The van der Waals surface area contributed by atoms with Crippen molar-refractivity contribution in [2.75, 3.05) is 0 Å². The Morgan fingerprint density at radius 2 is 1.69 bits per heavy atom. The van der Waals surface area contributed by atoms with Crippen LogP contribution in [-0.2, 0) is 4.57 Å². The second-order valence-corrected chi connectivity index (χ2v) is 8.68. The van der Waals surface area contributed by atoms with E-state index in [1.807, 2.05) is 30.3 Å². The largest absolute Gasteiger partial charge is 0.374 e. The van der Waals surface area contributed by atoms with Crippen LogP contribution < -0.4 is 5.44 Å². The lowest BCUT2D eigenvalue weighted by atomic mass is 9.93. The molecule has 0 amide bonds. The Kier molecular flexibility index (Phi) is 4.21. The lowest BCUT2D eigenvalue weighted by molar-refractivity contribution is 0.386. The predicted octanol–water partition coefficient (Wildman–Crippen LogP) is 5.20. The minimum Gasteiger partial charge on any atom is -0.320 e. The summed E-state index contributed by atoms with van der Waals surface area (Å²) in [5, 5.41) is 3.03. The average Bonchev–Trinajstić information content (AvgIpc) is 3.26. The molecule has 0 spiro atoms. The standard InChI is InChI=1S/C24H18NO3P/c26-29(27,28)23-13-12-18-14-19(16-6-1-2-7-16)15-22(24(18)25-23)21-11-5-9-17-8-3-4-10-20(17)21/h1,3-15H,2H2,(H2,26,27,28). The summed E-state index contributed by atoms with van der Waals surface area (Å²) in [5.41, 5.74) is 4.46. The van der Waals surface area contributed by atoms with Gasteiger partial charge in [0, 0.05) is 10.9 Å². The van der Waals surface area contributed by atoms with Crippen LogP contribution >= 0.6 is 7.60 Å². The highest BCUT2D eigenvalue weighted by molar-refractivity contribution is 7.60. The third-order valence-electron chi connectivity index (χ3n) is 5.26. The Labute approximate surface area is 168 Å². The molecule has 1 aromatic heterocycles.